The molecule has 0 spiro atoms. The summed E-state index contributed by atoms with van der Waals surface area (Å²) in [5, 5.41) is 9.22. The lowest BCUT2D eigenvalue weighted by Gasteiger charge is -2.37. The van der Waals surface area contributed by atoms with Gasteiger partial charge in [-0.1, -0.05) is 24.3 Å². The average Bonchev–Trinajstić information content (AvgIpc) is 3.04. The first-order chi connectivity index (χ1) is 10.4. The molecule has 1 aromatic rings. The van der Waals surface area contributed by atoms with Crippen molar-refractivity contribution in [1.29, 1.82) is 0 Å². The molecule has 3 heteroatoms. The number of aryl methyl sites for hydroxylation is 1. The zero-order chi connectivity index (χ0) is 14.5. The van der Waals surface area contributed by atoms with E-state index in [1.165, 1.54) is 36.8 Å². The number of rotatable bonds is 6. The maximum absolute atomic E-state index is 9.22. The van der Waals surface area contributed by atoms with E-state index in [2.05, 4.69) is 29.2 Å². The molecule has 3 nitrogen and oxygen atoms in total. The molecule has 0 saturated carbocycles. The molecule has 0 amide bonds. The molecule has 1 saturated heterocycles. The van der Waals surface area contributed by atoms with Gasteiger partial charge in [-0.05, 0) is 49.1 Å². The average molecular weight is 289 g/mol. The normalized spacial score (nSPS) is 25.2. The molecule has 1 aliphatic carbocycles. The van der Waals surface area contributed by atoms with Crippen molar-refractivity contribution < 1.29 is 9.84 Å². The maximum Gasteiger partial charge on any atom is 0.0507 e. The van der Waals surface area contributed by atoms with Crippen LogP contribution < -0.4 is 0 Å². The Morgan fingerprint density at radius 2 is 2.14 bits per heavy atom. The van der Waals surface area contributed by atoms with Crippen LogP contribution in [0.5, 0.6) is 0 Å². The second-order valence-electron chi connectivity index (χ2n) is 6.41. The molecular weight excluding hydrogens is 262 g/mol. The van der Waals surface area contributed by atoms with E-state index in [4.69, 9.17) is 4.74 Å². The summed E-state index contributed by atoms with van der Waals surface area (Å²) in [5.41, 5.74) is 3.03. The van der Waals surface area contributed by atoms with E-state index in [1.807, 2.05) is 0 Å². The quantitative estimate of drug-likeness (QED) is 0.874. The summed E-state index contributed by atoms with van der Waals surface area (Å²) in [5.74, 6) is 0.665. The third-order valence-electron chi connectivity index (χ3n) is 4.90. The summed E-state index contributed by atoms with van der Waals surface area (Å²) in [4.78, 5) is 2.60. The van der Waals surface area contributed by atoms with Gasteiger partial charge >= 0.3 is 0 Å². The minimum Gasteiger partial charge on any atom is -0.396 e. The van der Waals surface area contributed by atoms with Crippen LogP contribution in [0, 0.1) is 5.92 Å². The van der Waals surface area contributed by atoms with Crippen LogP contribution >= 0.6 is 0 Å². The van der Waals surface area contributed by atoms with Gasteiger partial charge in [-0.3, -0.25) is 4.90 Å². The van der Waals surface area contributed by atoms with E-state index >= 15 is 0 Å². The smallest absolute Gasteiger partial charge is 0.0507 e. The van der Waals surface area contributed by atoms with Gasteiger partial charge in [-0.25, -0.2) is 0 Å². The summed E-state index contributed by atoms with van der Waals surface area (Å²) in [6.45, 7) is 4.21. The van der Waals surface area contributed by atoms with Crippen LogP contribution in [0.3, 0.4) is 0 Å². The lowest BCUT2D eigenvalue weighted by molar-refractivity contribution is 0.124. The minimum absolute atomic E-state index is 0.284. The Bertz CT molecular complexity index is 443. The van der Waals surface area contributed by atoms with Crippen LogP contribution in [0.4, 0.5) is 0 Å². The van der Waals surface area contributed by atoms with E-state index in [0.717, 1.165) is 32.7 Å². The standard InChI is InChI=1S/C18H27NO2/c20-11-4-10-19(13-15-9-12-21-14-15)18-8-3-6-16-5-1-2-7-17(16)18/h1-2,5,7,15,18,20H,3-4,6,8-14H2/t15-,18+/m0/s1. The Morgan fingerprint density at radius 3 is 2.95 bits per heavy atom. The highest BCUT2D eigenvalue weighted by atomic mass is 16.5. The number of hydrogen-bond donors (Lipinski definition) is 1. The van der Waals surface area contributed by atoms with Gasteiger partial charge in [0.1, 0.15) is 0 Å². The van der Waals surface area contributed by atoms with Crippen LogP contribution in [0.25, 0.3) is 0 Å². The third kappa shape index (κ3) is 3.65. The zero-order valence-corrected chi connectivity index (χ0v) is 12.8. The second kappa shape index (κ2) is 7.39. The summed E-state index contributed by atoms with van der Waals surface area (Å²) < 4.78 is 5.54. The highest BCUT2D eigenvalue weighted by Crippen LogP contribution is 2.35. The molecule has 0 radical (unpaired) electrons. The highest BCUT2D eigenvalue weighted by Gasteiger charge is 2.28. The SMILES string of the molecule is OCCCN(C[C@@H]1CCOC1)[C@@H]1CCCc2ccccc21. The van der Waals surface area contributed by atoms with E-state index in [1.54, 1.807) is 0 Å². The van der Waals surface area contributed by atoms with E-state index in [-0.39, 0.29) is 6.61 Å². The number of ether oxygens (including phenoxy) is 1. The van der Waals surface area contributed by atoms with Gasteiger partial charge in [-0.2, -0.15) is 0 Å². The van der Waals surface area contributed by atoms with Crippen LogP contribution in [-0.4, -0.2) is 42.9 Å². The monoisotopic (exact) mass is 289 g/mol. The lowest BCUT2D eigenvalue weighted by Crippen LogP contribution is -2.36. The topological polar surface area (TPSA) is 32.7 Å². The Balaban J connectivity index is 1.75. The summed E-state index contributed by atoms with van der Waals surface area (Å²) in [7, 11) is 0. The van der Waals surface area contributed by atoms with Crippen molar-refractivity contribution >= 4 is 0 Å². The number of nitrogens with zero attached hydrogens (tertiary/aromatic N) is 1. The fourth-order valence-corrected chi connectivity index (χ4v) is 3.81. The van der Waals surface area contributed by atoms with E-state index in [0.29, 0.717) is 12.0 Å². The molecule has 1 N–H and O–H groups in total. The van der Waals surface area contributed by atoms with Crippen LogP contribution in [0.2, 0.25) is 0 Å². The third-order valence-corrected chi connectivity index (χ3v) is 4.90. The summed E-state index contributed by atoms with van der Waals surface area (Å²) >= 11 is 0. The number of benzene rings is 1. The molecule has 0 bridgehead atoms. The number of fused-ring (bicyclic) bond motifs is 1. The van der Waals surface area contributed by atoms with E-state index in [9.17, 15) is 5.11 Å². The molecule has 0 aromatic heterocycles. The van der Waals surface area contributed by atoms with Gasteiger partial charge in [0.15, 0.2) is 0 Å². The van der Waals surface area contributed by atoms with Crippen molar-refractivity contribution in [1.82, 2.24) is 4.90 Å². The lowest BCUT2D eigenvalue weighted by atomic mass is 9.86. The molecule has 1 aliphatic heterocycles. The van der Waals surface area contributed by atoms with E-state index < -0.39 is 0 Å². The van der Waals surface area contributed by atoms with Crippen molar-refractivity contribution in [2.45, 2.75) is 38.1 Å². The Labute approximate surface area is 127 Å². The van der Waals surface area contributed by atoms with Crippen molar-refractivity contribution in [3.63, 3.8) is 0 Å². The molecule has 3 rings (SSSR count). The molecule has 21 heavy (non-hydrogen) atoms. The van der Waals surface area contributed by atoms with Crippen LogP contribution in [0.15, 0.2) is 24.3 Å². The van der Waals surface area contributed by atoms with Gasteiger partial charge in [0.2, 0.25) is 0 Å². The first-order valence-electron chi connectivity index (χ1n) is 8.39. The molecule has 1 aromatic carbocycles. The van der Waals surface area contributed by atoms with Crippen molar-refractivity contribution in [3.05, 3.63) is 35.4 Å². The van der Waals surface area contributed by atoms with Crippen LogP contribution in [0.1, 0.15) is 42.9 Å². The minimum atomic E-state index is 0.284. The van der Waals surface area contributed by atoms with Crippen molar-refractivity contribution in [2.24, 2.45) is 5.92 Å². The van der Waals surface area contributed by atoms with Gasteiger partial charge in [0.25, 0.3) is 0 Å². The Morgan fingerprint density at radius 1 is 1.24 bits per heavy atom. The molecule has 2 aliphatic rings. The zero-order valence-electron chi connectivity index (χ0n) is 12.8. The number of hydrogen-bond acceptors (Lipinski definition) is 3. The first kappa shape index (κ1) is 15.0. The maximum atomic E-state index is 9.22. The van der Waals surface area contributed by atoms with Crippen molar-refractivity contribution in [3.8, 4) is 0 Å². The molecule has 2 atom stereocenters. The fraction of sp³-hybridized carbons (Fsp3) is 0.667. The molecule has 0 unspecified atom stereocenters. The van der Waals surface area contributed by atoms with Gasteiger partial charge in [0.05, 0.1) is 6.61 Å². The molecular formula is C18H27NO2. The number of aliphatic hydroxyl groups excluding tert-OH is 1. The molecule has 1 heterocycles. The first-order valence-corrected chi connectivity index (χ1v) is 8.39. The van der Waals surface area contributed by atoms with Gasteiger partial charge in [-0.15, -0.1) is 0 Å². The van der Waals surface area contributed by atoms with Crippen molar-refractivity contribution in [2.75, 3.05) is 32.9 Å². The fourth-order valence-electron chi connectivity index (χ4n) is 3.81. The number of aliphatic hydroxyl groups is 1. The largest absolute Gasteiger partial charge is 0.396 e. The van der Waals surface area contributed by atoms with Gasteiger partial charge in [0, 0.05) is 32.3 Å². The van der Waals surface area contributed by atoms with Gasteiger partial charge < -0.3 is 9.84 Å². The molecule has 1 fully saturated rings. The predicted molar refractivity (Wildman–Crippen MR) is 84.3 cm³/mol. The Kier molecular flexibility index (Phi) is 5.28. The highest BCUT2D eigenvalue weighted by molar-refractivity contribution is 5.32. The summed E-state index contributed by atoms with van der Waals surface area (Å²) in [6.07, 6.45) is 5.79. The predicted octanol–water partition coefficient (Wildman–Crippen LogP) is 2.78. The van der Waals surface area contributed by atoms with Crippen LogP contribution in [-0.2, 0) is 11.2 Å². The Hall–Kier alpha value is -0.900. The summed E-state index contributed by atoms with van der Waals surface area (Å²) in [6, 6.07) is 9.44. The molecule has 116 valence electrons. The second-order valence-corrected chi connectivity index (χ2v) is 6.41.